The number of carbonyl (C=O) groups is 1. The lowest BCUT2D eigenvalue weighted by Gasteiger charge is -2.39. The lowest BCUT2D eigenvalue weighted by atomic mass is 9.64. The van der Waals surface area contributed by atoms with Crippen LogP contribution in [0.1, 0.15) is 46.5 Å². The molecule has 1 spiro atoms. The fourth-order valence-corrected chi connectivity index (χ4v) is 3.63. The van der Waals surface area contributed by atoms with Gasteiger partial charge in [0.25, 0.3) is 0 Å². The summed E-state index contributed by atoms with van der Waals surface area (Å²) in [5.41, 5.74) is 2.94. The first-order valence-corrected chi connectivity index (χ1v) is 6.33. The van der Waals surface area contributed by atoms with Crippen LogP contribution in [-0.4, -0.2) is 5.78 Å². The fourth-order valence-electron chi connectivity index (χ4n) is 3.63. The smallest absolute Gasteiger partial charge is 0.155 e. The molecule has 88 valence electrons. The summed E-state index contributed by atoms with van der Waals surface area (Å²) in [6.07, 6.45) is 6.32. The van der Waals surface area contributed by atoms with Crippen molar-refractivity contribution in [1.29, 1.82) is 0 Å². The van der Waals surface area contributed by atoms with E-state index in [9.17, 15) is 4.79 Å². The van der Waals surface area contributed by atoms with Crippen LogP contribution < -0.4 is 0 Å². The third-order valence-corrected chi connectivity index (χ3v) is 4.86. The van der Waals surface area contributed by atoms with Crippen molar-refractivity contribution in [3.63, 3.8) is 0 Å². The first-order valence-electron chi connectivity index (χ1n) is 6.33. The van der Waals surface area contributed by atoms with Gasteiger partial charge in [0.15, 0.2) is 5.78 Å². The third-order valence-electron chi connectivity index (χ3n) is 4.86. The van der Waals surface area contributed by atoms with E-state index in [-0.39, 0.29) is 0 Å². The molecule has 0 aromatic carbocycles. The molecule has 0 radical (unpaired) electrons. The van der Waals surface area contributed by atoms with Crippen LogP contribution in [0.25, 0.3) is 0 Å². The van der Waals surface area contributed by atoms with Crippen molar-refractivity contribution >= 4 is 5.78 Å². The molecule has 2 aliphatic rings. The Morgan fingerprint density at radius 2 is 2.25 bits per heavy atom. The van der Waals surface area contributed by atoms with Gasteiger partial charge in [-0.05, 0) is 56.4 Å². The Morgan fingerprint density at radius 1 is 1.56 bits per heavy atom. The highest BCUT2D eigenvalue weighted by Gasteiger charge is 2.46. The Hall–Kier alpha value is -0.850. The minimum atomic E-state index is 0.303. The number of ketones is 1. The van der Waals surface area contributed by atoms with Gasteiger partial charge in [0.05, 0.1) is 0 Å². The molecule has 0 saturated heterocycles. The van der Waals surface area contributed by atoms with E-state index in [0.29, 0.717) is 23.0 Å². The summed E-state index contributed by atoms with van der Waals surface area (Å²) in [7, 11) is 0. The van der Waals surface area contributed by atoms with E-state index in [0.717, 1.165) is 6.42 Å². The zero-order valence-corrected chi connectivity index (χ0v) is 10.7. The Kier molecular flexibility index (Phi) is 2.81. The van der Waals surface area contributed by atoms with Crippen LogP contribution in [0.3, 0.4) is 0 Å². The Labute approximate surface area is 98.6 Å². The maximum Gasteiger partial charge on any atom is 0.155 e. The van der Waals surface area contributed by atoms with Gasteiger partial charge in [-0.2, -0.15) is 0 Å². The zero-order valence-electron chi connectivity index (χ0n) is 10.7. The molecule has 0 N–H and O–H groups in total. The maximum absolute atomic E-state index is 11.5. The predicted molar refractivity (Wildman–Crippen MR) is 67.1 cm³/mol. The Bertz CT molecular complexity index is 364. The summed E-state index contributed by atoms with van der Waals surface area (Å²) in [6.45, 7) is 10.6. The van der Waals surface area contributed by atoms with Gasteiger partial charge in [-0.3, -0.25) is 4.79 Å². The largest absolute Gasteiger partial charge is 0.295 e. The van der Waals surface area contributed by atoms with Gasteiger partial charge >= 0.3 is 0 Å². The number of hydrogen-bond acceptors (Lipinski definition) is 1. The second-order valence-electron chi connectivity index (χ2n) is 5.84. The van der Waals surface area contributed by atoms with Crippen LogP contribution >= 0.6 is 0 Å². The van der Waals surface area contributed by atoms with Gasteiger partial charge in [0.1, 0.15) is 0 Å². The molecule has 0 amide bonds. The number of carbonyl (C=O) groups excluding carboxylic acids is 1. The second kappa shape index (κ2) is 3.87. The molecule has 0 bridgehead atoms. The van der Waals surface area contributed by atoms with Crippen LogP contribution in [0, 0.1) is 17.3 Å². The highest BCUT2D eigenvalue weighted by atomic mass is 16.1. The average molecular weight is 218 g/mol. The zero-order chi connectivity index (χ0) is 11.9. The number of allylic oxidation sites excluding steroid dienone is 3. The summed E-state index contributed by atoms with van der Waals surface area (Å²) in [4.78, 5) is 11.5. The average Bonchev–Trinajstić information content (AvgIpc) is 2.60. The summed E-state index contributed by atoms with van der Waals surface area (Å²) in [5.74, 6) is 1.49. The quantitative estimate of drug-likeness (QED) is 0.610. The Balaban J connectivity index is 2.29. The maximum atomic E-state index is 11.5. The second-order valence-corrected chi connectivity index (χ2v) is 5.84. The molecule has 0 aromatic rings. The van der Waals surface area contributed by atoms with Crippen molar-refractivity contribution in [3.05, 3.63) is 23.8 Å². The topological polar surface area (TPSA) is 17.1 Å². The first-order chi connectivity index (χ1) is 7.45. The van der Waals surface area contributed by atoms with Crippen molar-refractivity contribution in [1.82, 2.24) is 0 Å². The predicted octanol–water partition coefficient (Wildman–Crippen LogP) is 3.90. The van der Waals surface area contributed by atoms with Gasteiger partial charge < -0.3 is 0 Å². The summed E-state index contributed by atoms with van der Waals surface area (Å²) in [5, 5.41) is 0. The van der Waals surface area contributed by atoms with Crippen LogP contribution in [0.5, 0.6) is 0 Å². The monoisotopic (exact) mass is 218 g/mol. The lowest BCUT2D eigenvalue weighted by Crippen LogP contribution is -2.33. The van der Waals surface area contributed by atoms with E-state index < -0.39 is 0 Å². The molecule has 16 heavy (non-hydrogen) atoms. The van der Waals surface area contributed by atoms with E-state index in [1.54, 1.807) is 0 Å². The molecule has 1 saturated carbocycles. The lowest BCUT2D eigenvalue weighted by molar-refractivity contribution is -0.117. The molecule has 2 aliphatic carbocycles. The Morgan fingerprint density at radius 3 is 2.75 bits per heavy atom. The van der Waals surface area contributed by atoms with E-state index in [1.807, 2.05) is 6.08 Å². The standard InChI is InChI=1S/C15H22O/c1-10(2)13-5-6-15(9-13)11(3)7-14(16)8-12(15)4/h7,12-13H,1,5-6,8-9H2,2-4H3/t12-,13-,15-/m1/s1. The van der Waals surface area contributed by atoms with E-state index >= 15 is 0 Å². The molecule has 1 nitrogen and oxygen atoms in total. The van der Waals surface area contributed by atoms with Crippen molar-refractivity contribution in [2.45, 2.75) is 46.5 Å². The molecular weight excluding hydrogens is 196 g/mol. The fraction of sp³-hybridized carbons (Fsp3) is 0.667. The molecule has 0 unspecified atom stereocenters. The minimum Gasteiger partial charge on any atom is -0.295 e. The molecule has 0 aliphatic heterocycles. The number of rotatable bonds is 1. The summed E-state index contributed by atoms with van der Waals surface area (Å²) in [6, 6.07) is 0. The van der Waals surface area contributed by atoms with Crippen molar-refractivity contribution in [2.75, 3.05) is 0 Å². The van der Waals surface area contributed by atoms with Gasteiger partial charge in [-0.15, -0.1) is 0 Å². The van der Waals surface area contributed by atoms with Crippen molar-refractivity contribution in [2.24, 2.45) is 17.3 Å². The van der Waals surface area contributed by atoms with Crippen molar-refractivity contribution < 1.29 is 4.79 Å². The van der Waals surface area contributed by atoms with Crippen LogP contribution in [0.15, 0.2) is 23.8 Å². The highest BCUT2D eigenvalue weighted by Crippen LogP contribution is 2.55. The molecule has 3 atom stereocenters. The first kappa shape index (κ1) is 11.6. The summed E-state index contributed by atoms with van der Waals surface area (Å²) >= 11 is 0. The molecule has 2 rings (SSSR count). The number of hydrogen-bond donors (Lipinski definition) is 0. The van der Waals surface area contributed by atoms with Crippen LogP contribution in [-0.2, 0) is 4.79 Å². The molecule has 0 heterocycles. The minimum absolute atomic E-state index is 0.303. The molecular formula is C15H22O. The normalized spacial score (nSPS) is 38.9. The van der Waals surface area contributed by atoms with Gasteiger partial charge in [-0.1, -0.05) is 24.6 Å². The van der Waals surface area contributed by atoms with Gasteiger partial charge in [0, 0.05) is 6.42 Å². The van der Waals surface area contributed by atoms with Crippen LogP contribution in [0.4, 0.5) is 0 Å². The van der Waals surface area contributed by atoms with Gasteiger partial charge in [-0.25, -0.2) is 0 Å². The molecule has 0 aromatic heterocycles. The van der Waals surface area contributed by atoms with E-state index in [4.69, 9.17) is 0 Å². The highest BCUT2D eigenvalue weighted by molar-refractivity contribution is 5.91. The van der Waals surface area contributed by atoms with Crippen molar-refractivity contribution in [3.8, 4) is 0 Å². The van der Waals surface area contributed by atoms with Crippen LogP contribution in [0.2, 0.25) is 0 Å². The third kappa shape index (κ3) is 1.66. The molecule has 1 fully saturated rings. The van der Waals surface area contributed by atoms with E-state index in [1.165, 1.54) is 30.4 Å². The molecule has 1 heteroatoms. The van der Waals surface area contributed by atoms with E-state index in [2.05, 4.69) is 27.4 Å². The summed E-state index contributed by atoms with van der Waals surface area (Å²) < 4.78 is 0. The SMILES string of the molecule is C=C(C)[C@@H]1CC[C@@]2(C1)C(C)=CC(=O)C[C@H]2C. The van der Waals surface area contributed by atoms with Gasteiger partial charge in [0.2, 0.25) is 0 Å².